The van der Waals surface area contributed by atoms with Crippen LogP contribution in [0.5, 0.6) is 5.75 Å². The van der Waals surface area contributed by atoms with Crippen LogP contribution in [0.25, 0.3) is 0 Å². The first-order chi connectivity index (χ1) is 13.0. The van der Waals surface area contributed by atoms with Gasteiger partial charge in [-0.05, 0) is 50.3 Å². The van der Waals surface area contributed by atoms with Crippen molar-refractivity contribution in [2.24, 2.45) is 11.3 Å². The van der Waals surface area contributed by atoms with Crippen molar-refractivity contribution in [2.75, 3.05) is 26.3 Å². The van der Waals surface area contributed by atoms with E-state index in [0.29, 0.717) is 42.5 Å². The van der Waals surface area contributed by atoms with Gasteiger partial charge in [-0.3, -0.25) is 9.59 Å². The standard InChI is InChI=1S/C20H24ClNO5/c21-14-5-6-17(27-15-3-1-2-4-15)16(9-14)18(23)22-10-13-11-26-8-7-20(13,12-22)19(24)25/h5-6,9,13,15H,1-4,7-8,10-12H2,(H,24,25)/t13-,20+/m0/s1. The number of carbonyl (C=O) groups is 2. The number of carboxylic acids is 1. The number of aliphatic carboxylic acids is 1. The van der Waals surface area contributed by atoms with Gasteiger partial charge in [0.15, 0.2) is 0 Å². The van der Waals surface area contributed by atoms with Crippen LogP contribution in [-0.2, 0) is 9.53 Å². The average molecular weight is 394 g/mol. The zero-order valence-electron chi connectivity index (χ0n) is 15.2. The molecule has 1 aromatic carbocycles. The molecule has 0 aromatic heterocycles. The van der Waals surface area contributed by atoms with Gasteiger partial charge in [0.2, 0.25) is 0 Å². The van der Waals surface area contributed by atoms with E-state index in [9.17, 15) is 14.7 Å². The van der Waals surface area contributed by atoms with E-state index >= 15 is 0 Å². The highest BCUT2D eigenvalue weighted by atomic mass is 35.5. The number of rotatable bonds is 4. The van der Waals surface area contributed by atoms with Crippen molar-refractivity contribution in [3.8, 4) is 5.75 Å². The highest BCUT2D eigenvalue weighted by molar-refractivity contribution is 6.31. The van der Waals surface area contributed by atoms with Gasteiger partial charge in [-0.1, -0.05) is 11.6 Å². The second-order valence-corrected chi connectivity index (χ2v) is 8.27. The van der Waals surface area contributed by atoms with E-state index in [-0.39, 0.29) is 24.5 Å². The number of carboxylic acid groups (broad SMARTS) is 1. The second kappa shape index (κ2) is 7.32. The molecule has 7 heteroatoms. The van der Waals surface area contributed by atoms with Gasteiger partial charge in [0.1, 0.15) is 5.75 Å². The molecule has 3 aliphatic rings. The van der Waals surface area contributed by atoms with Crippen LogP contribution >= 0.6 is 11.6 Å². The number of amides is 1. The largest absolute Gasteiger partial charge is 0.490 e. The van der Waals surface area contributed by atoms with Gasteiger partial charge in [0.05, 0.1) is 23.7 Å². The lowest BCUT2D eigenvalue weighted by atomic mass is 9.74. The number of carbonyl (C=O) groups excluding carboxylic acids is 1. The number of halogens is 1. The zero-order valence-corrected chi connectivity index (χ0v) is 15.9. The fourth-order valence-corrected chi connectivity index (χ4v) is 4.75. The number of fused-ring (bicyclic) bond motifs is 1. The van der Waals surface area contributed by atoms with Gasteiger partial charge in [-0.2, -0.15) is 0 Å². The molecule has 1 N–H and O–H groups in total. The van der Waals surface area contributed by atoms with Crippen LogP contribution < -0.4 is 4.74 Å². The molecule has 1 saturated carbocycles. The summed E-state index contributed by atoms with van der Waals surface area (Å²) >= 11 is 6.14. The molecule has 2 saturated heterocycles. The lowest BCUT2D eigenvalue weighted by Crippen LogP contribution is -2.45. The van der Waals surface area contributed by atoms with E-state index in [1.165, 1.54) is 0 Å². The molecular weight excluding hydrogens is 370 g/mol. The third-order valence-corrected chi connectivity index (χ3v) is 6.42. The number of ether oxygens (including phenoxy) is 2. The van der Waals surface area contributed by atoms with Gasteiger partial charge in [0, 0.05) is 30.6 Å². The average Bonchev–Trinajstić information content (AvgIpc) is 3.30. The first-order valence-corrected chi connectivity index (χ1v) is 9.94. The molecule has 146 valence electrons. The van der Waals surface area contributed by atoms with Crippen LogP contribution in [0.2, 0.25) is 5.02 Å². The number of likely N-dealkylation sites (tertiary alicyclic amines) is 1. The first kappa shape index (κ1) is 18.6. The topological polar surface area (TPSA) is 76.1 Å². The minimum absolute atomic E-state index is 0.123. The molecule has 3 fully saturated rings. The van der Waals surface area contributed by atoms with E-state index in [0.717, 1.165) is 25.7 Å². The monoisotopic (exact) mass is 393 g/mol. The van der Waals surface area contributed by atoms with Crippen molar-refractivity contribution < 1.29 is 24.2 Å². The molecular formula is C20H24ClNO5. The molecule has 0 unspecified atom stereocenters. The van der Waals surface area contributed by atoms with Crippen LogP contribution in [0.15, 0.2) is 18.2 Å². The molecule has 0 bridgehead atoms. The van der Waals surface area contributed by atoms with Gasteiger partial charge < -0.3 is 19.5 Å². The van der Waals surface area contributed by atoms with Crippen molar-refractivity contribution in [2.45, 2.75) is 38.2 Å². The van der Waals surface area contributed by atoms with E-state index in [1.807, 2.05) is 0 Å². The SMILES string of the molecule is O=C(c1cc(Cl)ccc1OC1CCCC1)N1C[C@H]2COCC[C@@]2(C(=O)O)C1. The maximum atomic E-state index is 13.3. The first-order valence-electron chi connectivity index (χ1n) is 9.56. The van der Waals surface area contributed by atoms with Crippen molar-refractivity contribution in [1.29, 1.82) is 0 Å². The summed E-state index contributed by atoms with van der Waals surface area (Å²) in [6.07, 6.45) is 4.80. The minimum Gasteiger partial charge on any atom is -0.490 e. The van der Waals surface area contributed by atoms with E-state index < -0.39 is 11.4 Å². The Morgan fingerprint density at radius 1 is 1.30 bits per heavy atom. The lowest BCUT2D eigenvalue weighted by molar-refractivity contribution is -0.157. The lowest BCUT2D eigenvalue weighted by Gasteiger charge is -2.33. The Hall–Kier alpha value is -1.79. The Bertz CT molecular complexity index is 748. The summed E-state index contributed by atoms with van der Waals surface area (Å²) in [6.45, 7) is 1.36. The fraction of sp³-hybridized carbons (Fsp3) is 0.600. The molecule has 4 rings (SSSR count). The summed E-state index contributed by atoms with van der Waals surface area (Å²) < 4.78 is 11.6. The molecule has 1 aromatic rings. The highest BCUT2D eigenvalue weighted by Crippen LogP contribution is 2.43. The van der Waals surface area contributed by atoms with Crippen LogP contribution in [0.4, 0.5) is 0 Å². The van der Waals surface area contributed by atoms with Crippen molar-refractivity contribution >= 4 is 23.5 Å². The van der Waals surface area contributed by atoms with Gasteiger partial charge >= 0.3 is 5.97 Å². The Labute approximate surface area is 163 Å². The predicted octanol–water partition coefficient (Wildman–Crippen LogP) is 3.22. The molecule has 1 aliphatic carbocycles. The van der Waals surface area contributed by atoms with Crippen LogP contribution in [0, 0.1) is 11.3 Å². The Morgan fingerprint density at radius 3 is 2.78 bits per heavy atom. The molecule has 0 spiro atoms. The normalized spacial score (nSPS) is 28.2. The maximum absolute atomic E-state index is 13.3. The summed E-state index contributed by atoms with van der Waals surface area (Å²) in [4.78, 5) is 26.9. The number of benzene rings is 1. The van der Waals surface area contributed by atoms with E-state index in [1.54, 1.807) is 23.1 Å². The number of hydrogen-bond donors (Lipinski definition) is 1. The highest BCUT2D eigenvalue weighted by Gasteiger charge is 2.55. The molecule has 2 atom stereocenters. The van der Waals surface area contributed by atoms with Crippen molar-refractivity contribution in [3.63, 3.8) is 0 Å². The van der Waals surface area contributed by atoms with E-state index in [2.05, 4.69) is 0 Å². The molecule has 0 radical (unpaired) electrons. The maximum Gasteiger partial charge on any atom is 0.311 e. The van der Waals surface area contributed by atoms with Crippen LogP contribution in [0.3, 0.4) is 0 Å². The van der Waals surface area contributed by atoms with Gasteiger partial charge in [-0.15, -0.1) is 0 Å². The summed E-state index contributed by atoms with van der Waals surface area (Å²) in [5.74, 6) is -0.724. The third kappa shape index (κ3) is 3.41. The summed E-state index contributed by atoms with van der Waals surface area (Å²) in [7, 11) is 0. The Morgan fingerprint density at radius 2 is 2.07 bits per heavy atom. The number of hydrogen-bond acceptors (Lipinski definition) is 4. The zero-order chi connectivity index (χ0) is 19.0. The smallest absolute Gasteiger partial charge is 0.311 e. The van der Waals surface area contributed by atoms with Crippen molar-refractivity contribution in [1.82, 2.24) is 4.90 Å². The minimum atomic E-state index is -0.918. The third-order valence-electron chi connectivity index (χ3n) is 6.19. The van der Waals surface area contributed by atoms with Gasteiger partial charge in [-0.25, -0.2) is 0 Å². The Kier molecular flexibility index (Phi) is 5.03. The van der Waals surface area contributed by atoms with Gasteiger partial charge in [0.25, 0.3) is 5.91 Å². The molecule has 6 nitrogen and oxygen atoms in total. The Balaban J connectivity index is 1.59. The summed E-state index contributed by atoms with van der Waals surface area (Å²) in [5.41, 5.74) is -0.506. The number of nitrogens with zero attached hydrogens (tertiary/aromatic N) is 1. The molecule has 2 aliphatic heterocycles. The van der Waals surface area contributed by atoms with Crippen LogP contribution in [0.1, 0.15) is 42.5 Å². The molecule has 2 heterocycles. The quantitative estimate of drug-likeness (QED) is 0.849. The predicted molar refractivity (Wildman–Crippen MR) is 99.2 cm³/mol. The van der Waals surface area contributed by atoms with Crippen molar-refractivity contribution in [3.05, 3.63) is 28.8 Å². The molecule has 27 heavy (non-hydrogen) atoms. The second-order valence-electron chi connectivity index (χ2n) is 7.83. The fourth-order valence-electron chi connectivity index (χ4n) is 4.58. The summed E-state index contributed by atoms with van der Waals surface area (Å²) in [5, 5.41) is 10.3. The molecule has 1 amide bonds. The van der Waals surface area contributed by atoms with Crippen LogP contribution in [-0.4, -0.2) is 54.3 Å². The summed E-state index contributed by atoms with van der Waals surface area (Å²) in [6, 6.07) is 5.09. The van der Waals surface area contributed by atoms with E-state index in [4.69, 9.17) is 21.1 Å².